The molecule has 2 aliphatic rings. The Balaban J connectivity index is 0.00000225. The van der Waals surface area contributed by atoms with Crippen molar-refractivity contribution in [2.45, 2.75) is 25.7 Å². The third kappa shape index (κ3) is 6.38. The molecule has 9 heteroatoms. The number of phenolic OH excluding ortho intramolecular Hbond substituents is 1. The first kappa shape index (κ1) is 25.3. The smallest absolute Gasteiger partial charge is 0.342 e. The monoisotopic (exact) mass is 425 g/mol. The fourth-order valence-electron chi connectivity index (χ4n) is 3.22. The van der Waals surface area contributed by atoms with Crippen LogP contribution in [0.1, 0.15) is 41.6 Å². The minimum absolute atomic E-state index is 0. The van der Waals surface area contributed by atoms with Crippen LogP contribution in [-0.4, -0.2) is 60.7 Å². The minimum Gasteiger partial charge on any atom is -0.507 e. The van der Waals surface area contributed by atoms with Gasteiger partial charge in [0.2, 0.25) is 0 Å². The number of hydrogen-bond donors (Lipinski definition) is 1. The second kappa shape index (κ2) is 12.1. The number of morpholine rings is 1. The average molecular weight is 425 g/mol. The Morgan fingerprint density at radius 2 is 1.77 bits per heavy atom. The van der Waals surface area contributed by atoms with Gasteiger partial charge >= 0.3 is 5.97 Å². The van der Waals surface area contributed by atoms with E-state index in [4.69, 9.17) is 9.47 Å². The van der Waals surface area contributed by atoms with Crippen LogP contribution in [0.2, 0.25) is 0 Å². The van der Waals surface area contributed by atoms with Crippen molar-refractivity contribution in [1.82, 2.24) is 0 Å². The predicted octanol–water partition coefficient (Wildman–Crippen LogP) is 1.75. The molecule has 0 saturated carbocycles. The van der Waals surface area contributed by atoms with Crippen LogP contribution in [0.3, 0.4) is 0 Å². The van der Waals surface area contributed by atoms with Crippen molar-refractivity contribution in [3.63, 3.8) is 0 Å². The van der Waals surface area contributed by atoms with E-state index in [2.05, 4.69) is 4.90 Å². The fraction of sp³-hybridized carbons (Fsp3) is 0.429. The van der Waals surface area contributed by atoms with E-state index in [0.717, 1.165) is 11.8 Å². The first-order valence-electron chi connectivity index (χ1n) is 9.48. The number of fused-ring (bicyclic) bond motifs is 1. The molecule has 166 valence electrons. The van der Waals surface area contributed by atoms with Crippen molar-refractivity contribution < 1.29 is 39.5 Å². The molecule has 2 heterocycles. The molecular formula is C21H28FNO7. The van der Waals surface area contributed by atoms with Gasteiger partial charge in [0.05, 0.1) is 19.8 Å². The van der Waals surface area contributed by atoms with Gasteiger partial charge < -0.3 is 30.4 Å². The molecule has 8 nitrogen and oxygen atoms in total. The predicted molar refractivity (Wildman–Crippen MR) is 110 cm³/mol. The van der Waals surface area contributed by atoms with Crippen LogP contribution in [0, 0.1) is 0 Å². The molecule has 0 aromatic heterocycles. The van der Waals surface area contributed by atoms with Gasteiger partial charge in [0.1, 0.15) is 11.3 Å². The summed E-state index contributed by atoms with van der Waals surface area (Å²) in [4.78, 5) is 26.3. The summed E-state index contributed by atoms with van der Waals surface area (Å²) in [6.45, 7) is 2.54. The maximum absolute atomic E-state index is 13.7. The number of halogens is 1. The number of ether oxygens (including phenoxy) is 2. The highest BCUT2D eigenvalue weighted by Gasteiger charge is 2.21. The number of phenols is 1. The summed E-state index contributed by atoms with van der Waals surface area (Å²) in [6.07, 6.45) is 5.97. The normalized spacial score (nSPS) is 21.0. The molecule has 1 aromatic carbocycles. The summed E-state index contributed by atoms with van der Waals surface area (Å²) in [5.74, 6) is -2.17. The average Bonchev–Trinajstić information content (AvgIpc) is 2.70. The van der Waals surface area contributed by atoms with Gasteiger partial charge in [-0.15, -0.1) is 0 Å². The number of cyclic esters (lactones) is 1. The molecule has 5 N–H and O–H groups in total. The Labute approximate surface area is 174 Å². The van der Waals surface area contributed by atoms with Gasteiger partial charge in [0, 0.05) is 37.7 Å². The topological polar surface area (TPSA) is 139 Å². The summed E-state index contributed by atoms with van der Waals surface area (Å²) < 4.78 is 24.2. The van der Waals surface area contributed by atoms with Crippen LogP contribution >= 0.6 is 0 Å². The largest absolute Gasteiger partial charge is 0.507 e. The summed E-state index contributed by atoms with van der Waals surface area (Å²) in [6, 6.07) is 3.40. The zero-order valence-electron chi connectivity index (χ0n) is 16.7. The van der Waals surface area contributed by atoms with E-state index in [1.807, 2.05) is 12.1 Å². The zero-order valence-corrected chi connectivity index (χ0v) is 16.7. The van der Waals surface area contributed by atoms with Crippen molar-refractivity contribution in [3.05, 3.63) is 41.2 Å². The van der Waals surface area contributed by atoms with Crippen LogP contribution in [0.25, 0.3) is 6.08 Å². The first-order valence-corrected chi connectivity index (χ1v) is 9.48. The number of rotatable bonds is 1. The lowest BCUT2D eigenvalue weighted by Gasteiger charge is -2.29. The number of carbonyl (C=O) groups excluding carboxylic acids is 2. The van der Waals surface area contributed by atoms with E-state index in [9.17, 15) is 19.1 Å². The van der Waals surface area contributed by atoms with Crippen LogP contribution in [0.15, 0.2) is 30.1 Å². The van der Waals surface area contributed by atoms with Crippen LogP contribution in [0.5, 0.6) is 5.75 Å². The summed E-state index contributed by atoms with van der Waals surface area (Å²) in [5.41, 5.74) is 1.45. The maximum atomic E-state index is 13.7. The molecule has 30 heavy (non-hydrogen) atoms. The summed E-state index contributed by atoms with van der Waals surface area (Å²) in [7, 11) is 0. The second-order valence-electron chi connectivity index (χ2n) is 6.72. The van der Waals surface area contributed by atoms with Gasteiger partial charge in [-0.2, -0.15) is 0 Å². The molecule has 0 amide bonds. The highest BCUT2D eigenvalue weighted by molar-refractivity contribution is 5.97. The van der Waals surface area contributed by atoms with Crippen molar-refractivity contribution in [2.24, 2.45) is 0 Å². The molecule has 0 spiro atoms. The van der Waals surface area contributed by atoms with Crippen molar-refractivity contribution in [1.29, 1.82) is 0 Å². The van der Waals surface area contributed by atoms with Crippen molar-refractivity contribution in [2.75, 3.05) is 37.8 Å². The standard InChI is InChI=1S/C21H24FNO5.2H2O/c22-17-6-4-10-28-21(26)20-15(5-2-1-3-7-18(17)24)13-16(14-19(20)25)23-8-11-27-12-9-23;;/h2,5-6,13-14,25H,1,3-4,7-12H2;2*1H2/b5-2+,17-6+;;. The number of hydrogen-bond acceptors (Lipinski definition) is 6. The number of allylic oxidation sites excluding steroid dienone is 2. The molecular weight excluding hydrogens is 397 g/mol. The molecule has 0 atom stereocenters. The molecule has 0 bridgehead atoms. The Morgan fingerprint density at radius 1 is 1.03 bits per heavy atom. The molecule has 1 fully saturated rings. The molecule has 1 aromatic rings. The maximum Gasteiger partial charge on any atom is 0.342 e. The lowest BCUT2D eigenvalue weighted by atomic mass is 10.0. The zero-order chi connectivity index (χ0) is 19.9. The van der Waals surface area contributed by atoms with Gasteiger partial charge in [-0.25, -0.2) is 9.18 Å². The molecule has 1 saturated heterocycles. The molecule has 0 unspecified atom stereocenters. The second-order valence-corrected chi connectivity index (χ2v) is 6.72. The Morgan fingerprint density at radius 3 is 2.50 bits per heavy atom. The number of Topliss-reactive ketones (excluding diaryl/α,β-unsaturated/α-hetero) is 1. The third-order valence-corrected chi connectivity index (χ3v) is 4.73. The Kier molecular flexibility index (Phi) is 10.2. The highest BCUT2D eigenvalue weighted by atomic mass is 19.1. The van der Waals surface area contributed by atoms with Gasteiger partial charge in [0.15, 0.2) is 11.6 Å². The number of benzene rings is 1. The van der Waals surface area contributed by atoms with E-state index < -0.39 is 17.6 Å². The number of esters is 1. The lowest BCUT2D eigenvalue weighted by molar-refractivity contribution is -0.117. The Bertz CT molecular complexity index is 801. The SMILES string of the molecule is O.O.O=C1CCC/C=C/c2cc(N3CCOCC3)cc(O)c2C(=O)OCC/C=C\1F. The van der Waals surface area contributed by atoms with E-state index >= 15 is 0 Å². The van der Waals surface area contributed by atoms with Gasteiger partial charge in [-0.3, -0.25) is 4.79 Å². The molecule has 0 aliphatic carbocycles. The van der Waals surface area contributed by atoms with E-state index in [1.54, 1.807) is 12.1 Å². The van der Waals surface area contributed by atoms with E-state index in [1.165, 1.54) is 0 Å². The number of ketones is 1. The number of carbonyl (C=O) groups is 2. The quantitative estimate of drug-likeness (QED) is 0.680. The van der Waals surface area contributed by atoms with Crippen LogP contribution in [0.4, 0.5) is 10.1 Å². The number of nitrogens with zero attached hydrogens (tertiary/aromatic N) is 1. The van der Waals surface area contributed by atoms with E-state index in [0.29, 0.717) is 44.7 Å². The fourth-order valence-corrected chi connectivity index (χ4v) is 3.22. The molecule has 0 radical (unpaired) electrons. The van der Waals surface area contributed by atoms with Crippen LogP contribution < -0.4 is 4.90 Å². The molecule has 2 aliphatic heterocycles. The number of anilines is 1. The highest BCUT2D eigenvalue weighted by Crippen LogP contribution is 2.31. The lowest BCUT2D eigenvalue weighted by Crippen LogP contribution is -2.36. The Hall–Kier alpha value is -2.75. The van der Waals surface area contributed by atoms with E-state index in [-0.39, 0.29) is 41.7 Å². The van der Waals surface area contributed by atoms with Crippen molar-refractivity contribution >= 4 is 23.5 Å². The van der Waals surface area contributed by atoms with Gasteiger partial charge in [-0.1, -0.05) is 12.2 Å². The molecule has 3 rings (SSSR count). The summed E-state index contributed by atoms with van der Waals surface area (Å²) >= 11 is 0. The minimum atomic E-state index is -0.796. The summed E-state index contributed by atoms with van der Waals surface area (Å²) in [5, 5.41) is 10.5. The van der Waals surface area contributed by atoms with Gasteiger partial charge in [0.25, 0.3) is 0 Å². The van der Waals surface area contributed by atoms with Gasteiger partial charge in [-0.05, 0) is 30.5 Å². The third-order valence-electron chi connectivity index (χ3n) is 4.73. The van der Waals surface area contributed by atoms with Crippen LogP contribution in [-0.2, 0) is 14.3 Å². The number of aromatic hydroxyl groups is 1. The first-order chi connectivity index (χ1) is 13.6. The van der Waals surface area contributed by atoms with Crippen molar-refractivity contribution in [3.8, 4) is 5.75 Å².